The van der Waals surface area contributed by atoms with Gasteiger partial charge in [-0.15, -0.1) is 11.3 Å². The standard InChI is InChI=1S/C10H17NOS/c1-3-4-9(6-12)5-10-11-8(2)7-13-10/h7,9,12H,3-6H2,1-2H3. The third-order valence-electron chi connectivity index (χ3n) is 2.08. The molecular formula is C10H17NOS. The average molecular weight is 199 g/mol. The molecule has 2 nitrogen and oxygen atoms in total. The predicted octanol–water partition coefficient (Wildman–Crippen LogP) is 2.40. The van der Waals surface area contributed by atoms with Crippen molar-refractivity contribution in [3.63, 3.8) is 0 Å². The maximum absolute atomic E-state index is 9.10. The summed E-state index contributed by atoms with van der Waals surface area (Å²) in [7, 11) is 0. The molecule has 1 unspecified atom stereocenters. The van der Waals surface area contributed by atoms with E-state index >= 15 is 0 Å². The van der Waals surface area contributed by atoms with Crippen LogP contribution in [-0.2, 0) is 6.42 Å². The molecule has 0 aliphatic carbocycles. The van der Waals surface area contributed by atoms with Gasteiger partial charge < -0.3 is 5.11 Å². The fourth-order valence-electron chi connectivity index (χ4n) is 1.41. The molecule has 0 aromatic carbocycles. The zero-order valence-corrected chi connectivity index (χ0v) is 9.10. The molecule has 0 spiro atoms. The van der Waals surface area contributed by atoms with Crippen molar-refractivity contribution in [1.82, 2.24) is 4.98 Å². The molecule has 0 aliphatic heterocycles. The molecule has 1 atom stereocenters. The van der Waals surface area contributed by atoms with Gasteiger partial charge in [-0.05, 0) is 19.3 Å². The summed E-state index contributed by atoms with van der Waals surface area (Å²) in [5.41, 5.74) is 1.09. The molecule has 0 radical (unpaired) electrons. The van der Waals surface area contributed by atoms with Gasteiger partial charge in [0.05, 0.1) is 5.01 Å². The van der Waals surface area contributed by atoms with Crippen LogP contribution in [0, 0.1) is 12.8 Å². The highest BCUT2D eigenvalue weighted by atomic mass is 32.1. The summed E-state index contributed by atoms with van der Waals surface area (Å²) < 4.78 is 0. The minimum Gasteiger partial charge on any atom is -0.396 e. The molecule has 13 heavy (non-hydrogen) atoms. The lowest BCUT2D eigenvalue weighted by atomic mass is 10.0. The molecule has 0 amide bonds. The highest BCUT2D eigenvalue weighted by molar-refractivity contribution is 7.09. The van der Waals surface area contributed by atoms with Crippen molar-refractivity contribution >= 4 is 11.3 Å². The molecule has 0 saturated heterocycles. The Morgan fingerprint density at radius 1 is 1.62 bits per heavy atom. The number of aliphatic hydroxyl groups excluding tert-OH is 1. The molecule has 1 aromatic rings. The van der Waals surface area contributed by atoms with E-state index in [0.29, 0.717) is 5.92 Å². The van der Waals surface area contributed by atoms with Crippen LogP contribution in [0.1, 0.15) is 30.5 Å². The summed E-state index contributed by atoms with van der Waals surface area (Å²) in [5, 5.41) is 12.3. The Bertz CT molecular complexity index is 247. The summed E-state index contributed by atoms with van der Waals surface area (Å²) in [6.45, 7) is 4.44. The van der Waals surface area contributed by atoms with Gasteiger partial charge in [-0.1, -0.05) is 13.3 Å². The van der Waals surface area contributed by atoms with E-state index in [9.17, 15) is 0 Å². The van der Waals surface area contributed by atoms with Crippen LogP contribution in [0.15, 0.2) is 5.38 Å². The van der Waals surface area contributed by atoms with Gasteiger partial charge in [-0.25, -0.2) is 4.98 Å². The lowest BCUT2D eigenvalue weighted by Gasteiger charge is -2.09. The Hall–Kier alpha value is -0.410. The van der Waals surface area contributed by atoms with E-state index in [1.165, 1.54) is 0 Å². The van der Waals surface area contributed by atoms with Gasteiger partial charge in [0.2, 0.25) is 0 Å². The Kier molecular flexibility index (Phi) is 4.39. The van der Waals surface area contributed by atoms with Gasteiger partial charge in [-0.2, -0.15) is 0 Å². The third-order valence-corrected chi connectivity index (χ3v) is 3.07. The van der Waals surface area contributed by atoms with Crippen LogP contribution in [0.5, 0.6) is 0 Å². The van der Waals surface area contributed by atoms with Gasteiger partial charge in [0, 0.05) is 24.1 Å². The number of rotatable bonds is 5. The molecule has 0 aliphatic rings. The predicted molar refractivity (Wildman–Crippen MR) is 56.0 cm³/mol. The van der Waals surface area contributed by atoms with E-state index in [0.717, 1.165) is 30.0 Å². The van der Waals surface area contributed by atoms with Crippen LogP contribution in [0.4, 0.5) is 0 Å². The number of aliphatic hydroxyl groups is 1. The van der Waals surface area contributed by atoms with Crippen molar-refractivity contribution in [3.05, 3.63) is 16.1 Å². The first-order chi connectivity index (χ1) is 6.26. The summed E-state index contributed by atoms with van der Waals surface area (Å²) in [5.74, 6) is 0.399. The van der Waals surface area contributed by atoms with E-state index < -0.39 is 0 Å². The van der Waals surface area contributed by atoms with E-state index in [-0.39, 0.29) is 6.61 Å². The molecule has 3 heteroatoms. The highest BCUT2D eigenvalue weighted by Gasteiger charge is 2.09. The molecule has 1 heterocycles. The maximum Gasteiger partial charge on any atom is 0.0931 e. The number of aromatic nitrogens is 1. The van der Waals surface area contributed by atoms with Crippen molar-refractivity contribution in [2.75, 3.05) is 6.61 Å². The van der Waals surface area contributed by atoms with Crippen molar-refractivity contribution in [2.24, 2.45) is 5.92 Å². The Morgan fingerprint density at radius 3 is 2.85 bits per heavy atom. The highest BCUT2D eigenvalue weighted by Crippen LogP contribution is 2.16. The second-order valence-corrected chi connectivity index (χ2v) is 4.37. The van der Waals surface area contributed by atoms with E-state index in [1.807, 2.05) is 6.92 Å². The topological polar surface area (TPSA) is 33.1 Å². The minimum atomic E-state index is 0.284. The number of nitrogens with zero attached hydrogens (tertiary/aromatic N) is 1. The van der Waals surface area contributed by atoms with Crippen LogP contribution in [0.25, 0.3) is 0 Å². The summed E-state index contributed by atoms with van der Waals surface area (Å²) in [6.07, 6.45) is 3.16. The Morgan fingerprint density at radius 2 is 2.38 bits per heavy atom. The molecule has 1 N–H and O–H groups in total. The van der Waals surface area contributed by atoms with Crippen molar-refractivity contribution in [1.29, 1.82) is 0 Å². The molecule has 0 fully saturated rings. The van der Waals surface area contributed by atoms with Crippen LogP contribution in [0.3, 0.4) is 0 Å². The molecule has 74 valence electrons. The fraction of sp³-hybridized carbons (Fsp3) is 0.700. The zero-order valence-electron chi connectivity index (χ0n) is 8.29. The number of hydrogen-bond acceptors (Lipinski definition) is 3. The minimum absolute atomic E-state index is 0.284. The van der Waals surface area contributed by atoms with E-state index in [1.54, 1.807) is 11.3 Å². The average Bonchev–Trinajstić information content (AvgIpc) is 2.50. The molecule has 0 bridgehead atoms. The number of aryl methyl sites for hydroxylation is 1. The lowest BCUT2D eigenvalue weighted by Crippen LogP contribution is -2.08. The van der Waals surface area contributed by atoms with Gasteiger partial charge in [0.1, 0.15) is 0 Å². The van der Waals surface area contributed by atoms with E-state index in [2.05, 4.69) is 17.3 Å². The Balaban J connectivity index is 2.46. The fourth-order valence-corrected chi connectivity index (χ4v) is 2.30. The number of hydrogen-bond donors (Lipinski definition) is 1. The van der Waals surface area contributed by atoms with Crippen LogP contribution in [0.2, 0.25) is 0 Å². The monoisotopic (exact) mass is 199 g/mol. The lowest BCUT2D eigenvalue weighted by molar-refractivity contribution is 0.217. The van der Waals surface area contributed by atoms with Gasteiger partial charge in [-0.3, -0.25) is 0 Å². The molecule has 0 saturated carbocycles. The summed E-state index contributed by atoms with van der Waals surface area (Å²) in [4.78, 5) is 4.39. The quantitative estimate of drug-likeness (QED) is 0.790. The van der Waals surface area contributed by atoms with Crippen molar-refractivity contribution < 1.29 is 5.11 Å². The van der Waals surface area contributed by atoms with Gasteiger partial charge in [0.15, 0.2) is 0 Å². The first-order valence-electron chi connectivity index (χ1n) is 4.78. The zero-order chi connectivity index (χ0) is 9.68. The molecule has 1 aromatic heterocycles. The third kappa shape index (κ3) is 3.44. The maximum atomic E-state index is 9.10. The van der Waals surface area contributed by atoms with Gasteiger partial charge >= 0.3 is 0 Å². The smallest absolute Gasteiger partial charge is 0.0931 e. The van der Waals surface area contributed by atoms with Gasteiger partial charge in [0.25, 0.3) is 0 Å². The molecular weight excluding hydrogens is 182 g/mol. The molecule has 1 rings (SSSR count). The Labute approximate surface area is 83.6 Å². The first kappa shape index (κ1) is 10.7. The second-order valence-electron chi connectivity index (χ2n) is 3.42. The largest absolute Gasteiger partial charge is 0.396 e. The van der Waals surface area contributed by atoms with E-state index in [4.69, 9.17) is 5.11 Å². The number of thiazole rings is 1. The van der Waals surface area contributed by atoms with Crippen LogP contribution in [-0.4, -0.2) is 16.7 Å². The SMILES string of the molecule is CCCC(CO)Cc1nc(C)cs1. The second kappa shape index (κ2) is 5.35. The first-order valence-corrected chi connectivity index (χ1v) is 5.66. The normalized spacial score (nSPS) is 13.2. The van der Waals surface area contributed by atoms with Crippen molar-refractivity contribution in [3.8, 4) is 0 Å². The van der Waals surface area contributed by atoms with Crippen LogP contribution >= 0.6 is 11.3 Å². The summed E-state index contributed by atoms with van der Waals surface area (Å²) in [6, 6.07) is 0. The van der Waals surface area contributed by atoms with Crippen molar-refractivity contribution in [2.45, 2.75) is 33.1 Å². The summed E-state index contributed by atoms with van der Waals surface area (Å²) >= 11 is 1.70. The van der Waals surface area contributed by atoms with Crippen LogP contribution < -0.4 is 0 Å².